The maximum Gasteiger partial charge on any atom is 0.0834 e. The minimum atomic E-state index is 0.478. The summed E-state index contributed by atoms with van der Waals surface area (Å²) in [6.07, 6.45) is 0. The number of hydrogen-bond donors (Lipinski definition) is 1. The lowest BCUT2D eigenvalue weighted by molar-refractivity contribution is 0.830. The van der Waals surface area contributed by atoms with Crippen LogP contribution in [0.15, 0.2) is 17.5 Å². The first-order valence-corrected chi connectivity index (χ1v) is 6.22. The summed E-state index contributed by atoms with van der Waals surface area (Å²) in [6, 6.07) is 4.26. The van der Waals surface area contributed by atoms with E-state index in [0.717, 1.165) is 17.8 Å². The number of thiophene rings is 1. The number of aromatic nitrogens is 1. The third-order valence-corrected chi connectivity index (χ3v) is 3.33. The predicted octanol–water partition coefficient (Wildman–Crippen LogP) is 3.85. The van der Waals surface area contributed by atoms with Crippen molar-refractivity contribution in [3.05, 3.63) is 23.2 Å². The second-order valence-electron chi connectivity index (χ2n) is 3.91. The Balaban J connectivity index is 2.58. The summed E-state index contributed by atoms with van der Waals surface area (Å²) in [4.78, 5) is 4.65. The summed E-state index contributed by atoms with van der Waals surface area (Å²) in [5.74, 6) is 0.478. The highest BCUT2D eigenvalue weighted by atomic mass is 32.1. The van der Waals surface area contributed by atoms with Crippen molar-refractivity contribution in [1.29, 1.82) is 0 Å². The van der Waals surface area contributed by atoms with Gasteiger partial charge in [0, 0.05) is 12.2 Å². The van der Waals surface area contributed by atoms with Gasteiger partial charge in [-0.3, -0.25) is 4.98 Å². The van der Waals surface area contributed by atoms with E-state index < -0.39 is 0 Å². The molecule has 0 aliphatic carbocycles. The van der Waals surface area contributed by atoms with E-state index in [-0.39, 0.29) is 0 Å². The van der Waals surface area contributed by atoms with Gasteiger partial charge in [-0.05, 0) is 30.4 Å². The van der Waals surface area contributed by atoms with Crippen molar-refractivity contribution in [3.63, 3.8) is 0 Å². The second kappa shape index (κ2) is 4.19. The van der Waals surface area contributed by atoms with E-state index in [1.54, 1.807) is 11.3 Å². The van der Waals surface area contributed by atoms with E-state index >= 15 is 0 Å². The molecule has 0 radical (unpaired) electrons. The van der Waals surface area contributed by atoms with Gasteiger partial charge in [0.05, 0.1) is 15.9 Å². The highest BCUT2D eigenvalue weighted by molar-refractivity contribution is 7.17. The molecule has 15 heavy (non-hydrogen) atoms. The van der Waals surface area contributed by atoms with Crippen LogP contribution in [0.1, 0.15) is 32.4 Å². The van der Waals surface area contributed by atoms with E-state index in [0.29, 0.717) is 5.92 Å². The van der Waals surface area contributed by atoms with Crippen molar-refractivity contribution in [2.45, 2.75) is 26.7 Å². The molecule has 0 saturated heterocycles. The van der Waals surface area contributed by atoms with Crippen LogP contribution in [0.5, 0.6) is 0 Å². The molecule has 0 unspecified atom stereocenters. The number of fused-ring (bicyclic) bond motifs is 1. The quantitative estimate of drug-likeness (QED) is 0.849. The van der Waals surface area contributed by atoms with Crippen molar-refractivity contribution < 1.29 is 0 Å². The molecule has 0 atom stereocenters. The smallest absolute Gasteiger partial charge is 0.0834 e. The number of anilines is 1. The molecule has 1 N–H and O–H groups in total. The van der Waals surface area contributed by atoms with Crippen LogP contribution in [0, 0.1) is 0 Å². The molecule has 0 aliphatic heterocycles. The fourth-order valence-corrected chi connectivity index (χ4v) is 2.42. The summed E-state index contributed by atoms with van der Waals surface area (Å²) in [7, 11) is 0. The molecule has 80 valence electrons. The van der Waals surface area contributed by atoms with Crippen molar-refractivity contribution >= 4 is 27.2 Å². The van der Waals surface area contributed by atoms with Gasteiger partial charge < -0.3 is 5.32 Å². The van der Waals surface area contributed by atoms with Crippen LogP contribution in [-0.4, -0.2) is 11.5 Å². The molecule has 2 rings (SSSR count). The topological polar surface area (TPSA) is 24.9 Å². The maximum absolute atomic E-state index is 4.65. The van der Waals surface area contributed by atoms with Crippen LogP contribution in [0.2, 0.25) is 0 Å². The first-order valence-electron chi connectivity index (χ1n) is 5.34. The average Bonchev–Trinajstić information content (AvgIpc) is 2.65. The SMILES string of the molecule is CCNc1cc(C(C)C)nc2ccsc12. The van der Waals surface area contributed by atoms with Crippen molar-refractivity contribution in [1.82, 2.24) is 4.98 Å². The Morgan fingerprint density at radius 2 is 2.27 bits per heavy atom. The van der Waals surface area contributed by atoms with Gasteiger partial charge in [0.15, 0.2) is 0 Å². The third kappa shape index (κ3) is 1.97. The monoisotopic (exact) mass is 220 g/mol. The molecule has 2 aromatic rings. The van der Waals surface area contributed by atoms with Crippen LogP contribution in [0.4, 0.5) is 5.69 Å². The summed E-state index contributed by atoms with van der Waals surface area (Å²) in [6.45, 7) is 7.43. The molecule has 0 spiro atoms. The fourth-order valence-electron chi connectivity index (χ4n) is 1.59. The van der Waals surface area contributed by atoms with Gasteiger partial charge in [-0.15, -0.1) is 11.3 Å². The average molecular weight is 220 g/mol. The Morgan fingerprint density at radius 3 is 2.93 bits per heavy atom. The van der Waals surface area contributed by atoms with Gasteiger partial charge in [-0.1, -0.05) is 13.8 Å². The number of nitrogens with one attached hydrogen (secondary N) is 1. The molecule has 2 aromatic heterocycles. The molecule has 2 heterocycles. The molecule has 0 saturated carbocycles. The summed E-state index contributed by atoms with van der Waals surface area (Å²) >= 11 is 1.75. The van der Waals surface area contributed by atoms with Crippen LogP contribution >= 0.6 is 11.3 Å². The zero-order valence-corrected chi connectivity index (χ0v) is 10.2. The molecular formula is C12H16N2S. The standard InChI is InChI=1S/C12H16N2S/c1-4-13-11-7-10(8(2)3)14-9-5-6-15-12(9)11/h5-8H,4H2,1-3H3,(H,13,14). The van der Waals surface area contributed by atoms with E-state index in [1.165, 1.54) is 10.4 Å². The van der Waals surface area contributed by atoms with Gasteiger partial charge in [0.25, 0.3) is 0 Å². The molecule has 3 heteroatoms. The zero-order valence-electron chi connectivity index (χ0n) is 9.37. The zero-order chi connectivity index (χ0) is 10.8. The number of pyridine rings is 1. The van der Waals surface area contributed by atoms with E-state index in [1.807, 2.05) is 0 Å². The highest BCUT2D eigenvalue weighted by Crippen LogP contribution is 2.30. The van der Waals surface area contributed by atoms with Crippen molar-refractivity contribution in [2.24, 2.45) is 0 Å². The molecule has 0 aromatic carbocycles. The summed E-state index contributed by atoms with van der Waals surface area (Å²) in [5, 5.41) is 5.50. The van der Waals surface area contributed by atoms with Crippen LogP contribution in [0.3, 0.4) is 0 Å². The fraction of sp³-hybridized carbons (Fsp3) is 0.417. The minimum Gasteiger partial charge on any atom is -0.384 e. The Hall–Kier alpha value is -1.09. The lowest BCUT2D eigenvalue weighted by Crippen LogP contribution is -2.00. The number of rotatable bonds is 3. The summed E-state index contributed by atoms with van der Waals surface area (Å²) in [5.41, 5.74) is 3.50. The highest BCUT2D eigenvalue weighted by Gasteiger charge is 2.08. The molecule has 0 aliphatic rings. The molecule has 0 fully saturated rings. The van der Waals surface area contributed by atoms with Gasteiger partial charge in [0.2, 0.25) is 0 Å². The van der Waals surface area contributed by atoms with Gasteiger partial charge in [0.1, 0.15) is 0 Å². The van der Waals surface area contributed by atoms with Gasteiger partial charge in [-0.25, -0.2) is 0 Å². The molecular weight excluding hydrogens is 204 g/mol. The van der Waals surface area contributed by atoms with Crippen molar-refractivity contribution in [2.75, 3.05) is 11.9 Å². The van der Waals surface area contributed by atoms with Crippen molar-refractivity contribution in [3.8, 4) is 0 Å². The van der Waals surface area contributed by atoms with Crippen LogP contribution in [-0.2, 0) is 0 Å². The first kappa shape index (κ1) is 10.4. The molecule has 0 bridgehead atoms. The second-order valence-corrected chi connectivity index (χ2v) is 4.83. The van der Waals surface area contributed by atoms with E-state index in [4.69, 9.17) is 0 Å². The summed E-state index contributed by atoms with van der Waals surface area (Å²) < 4.78 is 1.27. The lowest BCUT2D eigenvalue weighted by atomic mass is 10.1. The van der Waals surface area contributed by atoms with Crippen LogP contribution < -0.4 is 5.32 Å². The Bertz CT molecular complexity index is 460. The predicted molar refractivity (Wildman–Crippen MR) is 67.9 cm³/mol. The molecule has 0 amide bonds. The Labute approximate surface area is 94.3 Å². The third-order valence-electron chi connectivity index (χ3n) is 2.39. The minimum absolute atomic E-state index is 0.478. The lowest BCUT2D eigenvalue weighted by Gasteiger charge is -2.09. The van der Waals surface area contributed by atoms with Crippen LogP contribution in [0.25, 0.3) is 10.2 Å². The number of nitrogens with zero attached hydrogens (tertiary/aromatic N) is 1. The van der Waals surface area contributed by atoms with E-state index in [9.17, 15) is 0 Å². The first-order chi connectivity index (χ1) is 7.22. The van der Waals surface area contributed by atoms with E-state index in [2.05, 4.69) is 48.6 Å². The normalized spacial score (nSPS) is 11.2. The Morgan fingerprint density at radius 1 is 1.47 bits per heavy atom. The Kier molecular flexibility index (Phi) is 2.91. The largest absolute Gasteiger partial charge is 0.384 e. The van der Waals surface area contributed by atoms with Gasteiger partial charge in [-0.2, -0.15) is 0 Å². The maximum atomic E-state index is 4.65. The number of hydrogen-bond acceptors (Lipinski definition) is 3. The van der Waals surface area contributed by atoms with Gasteiger partial charge >= 0.3 is 0 Å². The molecule has 2 nitrogen and oxygen atoms in total.